The van der Waals surface area contributed by atoms with Crippen molar-refractivity contribution in [2.75, 3.05) is 14.2 Å². The average Bonchev–Trinajstić information content (AvgIpc) is 3.15. The summed E-state index contributed by atoms with van der Waals surface area (Å²) >= 11 is 1.32. The van der Waals surface area contributed by atoms with E-state index in [2.05, 4.69) is 15.3 Å². The summed E-state index contributed by atoms with van der Waals surface area (Å²) in [6, 6.07) is 15.2. The second-order valence-electron chi connectivity index (χ2n) is 7.40. The van der Waals surface area contributed by atoms with Crippen molar-refractivity contribution in [3.05, 3.63) is 75.9 Å². The van der Waals surface area contributed by atoms with E-state index in [0.29, 0.717) is 21.4 Å². The summed E-state index contributed by atoms with van der Waals surface area (Å²) in [6.07, 6.45) is 0. The number of aromatic nitrogens is 2. The van der Waals surface area contributed by atoms with Crippen LogP contribution in [0.3, 0.4) is 0 Å². The summed E-state index contributed by atoms with van der Waals surface area (Å²) in [5, 5.41) is 3.95. The molecule has 3 heterocycles. The summed E-state index contributed by atoms with van der Waals surface area (Å²) < 4.78 is 16.7. The molecule has 0 saturated heterocycles. The minimum absolute atomic E-state index is 0.183. The van der Waals surface area contributed by atoms with Crippen LogP contribution in [0.1, 0.15) is 38.2 Å². The van der Waals surface area contributed by atoms with Crippen molar-refractivity contribution in [1.82, 2.24) is 15.3 Å². The number of hydrogen-bond acceptors (Lipinski definition) is 7. The molecule has 0 radical (unpaired) electrons. The molecule has 0 saturated carbocycles. The van der Waals surface area contributed by atoms with E-state index in [-0.39, 0.29) is 18.6 Å². The van der Waals surface area contributed by atoms with E-state index in [9.17, 15) is 4.79 Å². The number of benzene rings is 2. The first-order valence-electron chi connectivity index (χ1n) is 10.1. The number of hydrogen-bond donors (Lipinski definition) is 1. The third kappa shape index (κ3) is 3.37. The number of para-hydroxylation sites is 2. The van der Waals surface area contributed by atoms with Gasteiger partial charge in [-0.15, -0.1) is 11.3 Å². The number of nitrogens with zero attached hydrogens (tertiary/aromatic N) is 2. The van der Waals surface area contributed by atoms with E-state index in [1.54, 1.807) is 14.2 Å². The van der Waals surface area contributed by atoms with Crippen LogP contribution in [0.2, 0.25) is 0 Å². The number of nitrogens with one attached hydrogen (secondary N) is 1. The van der Waals surface area contributed by atoms with Gasteiger partial charge in [0, 0.05) is 18.2 Å². The highest BCUT2D eigenvalue weighted by Crippen LogP contribution is 2.43. The zero-order valence-corrected chi connectivity index (χ0v) is 18.7. The zero-order valence-electron chi connectivity index (χ0n) is 17.8. The molecular weight excluding hydrogens is 426 g/mol. The topological polar surface area (TPSA) is 82.6 Å². The molecular formula is C24H21N3O4S. The number of amides is 1. The van der Waals surface area contributed by atoms with E-state index < -0.39 is 0 Å². The second-order valence-corrected chi connectivity index (χ2v) is 8.40. The van der Waals surface area contributed by atoms with Crippen molar-refractivity contribution in [3.8, 4) is 17.4 Å². The highest BCUT2D eigenvalue weighted by molar-refractivity contribution is 7.20. The van der Waals surface area contributed by atoms with Gasteiger partial charge in [0.2, 0.25) is 5.88 Å². The van der Waals surface area contributed by atoms with E-state index in [1.807, 2.05) is 55.5 Å². The Balaban J connectivity index is 1.56. The normalized spacial score (nSPS) is 12.7. The fourth-order valence-corrected chi connectivity index (χ4v) is 5.06. The minimum Gasteiger partial charge on any atom is -0.480 e. The Hall–Kier alpha value is -3.49. The third-order valence-electron chi connectivity index (χ3n) is 5.43. The fraction of sp³-hybridized carbons (Fsp3) is 0.208. The SMILES string of the molecule is COCc1nc(OC)c2c(C)c(C(=O)NC3c4ccccc4Oc4ccccc43)sc2n1. The Morgan fingerprint density at radius 1 is 1.06 bits per heavy atom. The van der Waals surface area contributed by atoms with Crippen LogP contribution >= 0.6 is 11.3 Å². The van der Waals surface area contributed by atoms with Gasteiger partial charge >= 0.3 is 0 Å². The van der Waals surface area contributed by atoms with E-state index in [0.717, 1.165) is 33.6 Å². The molecule has 0 spiro atoms. The molecule has 1 amide bonds. The molecule has 5 rings (SSSR count). The second kappa shape index (κ2) is 8.22. The molecule has 2 aromatic carbocycles. The van der Waals surface area contributed by atoms with Crippen LogP contribution in [0.4, 0.5) is 0 Å². The molecule has 32 heavy (non-hydrogen) atoms. The van der Waals surface area contributed by atoms with Crippen LogP contribution in [-0.2, 0) is 11.3 Å². The summed E-state index contributed by atoms with van der Waals surface area (Å²) in [7, 11) is 3.15. The third-order valence-corrected chi connectivity index (χ3v) is 6.62. The maximum atomic E-state index is 13.5. The van der Waals surface area contributed by atoms with Gasteiger partial charge in [-0.2, -0.15) is 4.98 Å². The fourth-order valence-electron chi connectivity index (χ4n) is 3.96. The first-order valence-corrected chi connectivity index (χ1v) is 10.9. The van der Waals surface area contributed by atoms with Gasteiger partial charge in [0.1, 0.15) is 22.9 Å². The number of ether oxygens (including phenoxy) is 3. The highest BCUT2D eigenvalue weighted by Gasteiger charge is 2.30. The lowest BCUT2D eigenvalue weighted by Gasteiger charge is -2.28. The summed E-state index contributed by atoms with van der Waals surface area (Å²) in [6.45, 7) is 2.15. The lowest BCUT2D eigenvalue weighted by Crippen LogP contribution is -2.31. The van der Waals surface area contributed by atoms with Crippen LogP contribution in [0.15, 0.2) is 48.5 Å². The van der Waals surface area contributed by atoms with Gasteiger partial charge in [0.25, 0.3) is 5.91 Å². The lowest BCUT2D eigenvalue weighted by molar-refractivity contribution is 0.0945. The van der Waals surface area contributed by atoms with Crippen LogP contribution in [0, 0.1) is 6.92 Å². The zero-order chi connectivity index (χ0) is 22.2. The number of fused-ring (bicyclic) bond motifs is 3. The van der Waals surface area contributed by atoms with Crippen molar-refractivity contribution < 1.29 is 19.0 Å². The number of carbonyl (C=O) groups is 1. The Bertz CT molecular complexity index is 1290. The van der Waals surface area contributed by atoms with Gasteiger partial charge in [-0.25, -0.2) is 4.98 Å². The van der Waals surface area contributed by atoms with E-state index in [4.69, 9.17) is 14.2 Å². The van der Waals surface area contributed by atoms with Gasteiger partial charge in [0.05, 0.1) is 23.4 Å². The molecule has 0 fully saturated rings. The first kappa shape index (κ1) is 20.4. The predicted octanol–water partition coefficient (Wildman–Crippen LogP) is 4.78. The minimum atomic E-state index is -0.328. The molecule has 0 atom stereocenters. The van der Waals surface area contributed by atoms with Crippen LogP contribution in [0.5, 0.6) is 17.4 Å². The Kier molecular flexibility index (Phi) is 5.24. The number of carbonyl (C=O) groups excluding carboxylic acids is 1. The number of methoxy groups -OCH3 is 2. The van der Waals surface area contributed by atoms with E-state index in [1.165, 1.54) is 11.3 Å². The molecule has 1 aliphatic heterocycles. The van der Waals surface area contributed by atoms with Gasteiger partial charge in [-0.1, -0.05) is 36.4 Å². The molecule has 8 heteroatoms. The van der Waals surface area contributed by atoms with Crippen molar-refractivity contribution in [2.45, 2.75) is 19.6 Å². The average molecular weight is 448 g/mol. The van der Waals surface area contributed by atoms with Crippen molar-refractivity contribution in [2.24, 2.45) is 0 Å². The molecule has 162 valence electrons. The maximum Gasteiger partial charge on any atom is 0.262 e. The molecule has 7 nitrogen and oxygen atoms in total. The molecule has 1 N–H and O–H groups in total. The Morgan fingerprint density at radius 3 is 2.34 bits per heavy atom. The van der Waals surface area contributed by atoms with Crippen LogP contribution in [0.25, 0.3) is 10.2 Å². The van der Waals surface area contributed by atoms with Gasteiger partial charge in [-0.05, 0) is 24.6 Å². The van der Waals surface area contributed by atoms with Crippen molar-refractivity contribution in [1.29, 1.82) is 0 Å². The van der Waals surface area contributed by atoms with Gasteiger partial charge in [0.15, 0.2) is 5.82 Å². The summed E-state index contributed by atoms with van der Waals surface area (Å²) in [4.78, 5) is 23.7. The monoisotopic (exact) mass is 447 g/mol. The standard InChI is InChI=1S/C24H21N3O4S/c1-13-19-23(30-3)25-18(12-29-2)26-24(19)32-21(13)22(28)27-20-14-8-4-6-10-16(14)31-17-11-7-5-9-15(17)20/h4-11,20H,12H2,1-3H3,(H,27,28). The maximum absolute atomic E-state index is 13.5. The quantitative estimate of drug-likeness (QED) is 0.474. The Morgan fingerprint density at radius 2 is 1.72 bits per heavy atom. The van der Waals surface area contributed by atoms with Crippen molar-refractivity contribution >= 4 is 27.5 Å². The van der Waals surface area contributed by atoms with Gasteiger partial charge in [-0.3, -0.25) is 4.79 Å². The lowest BCUT2D eigenvalue weighted by atomic mass is 9.94. The Labute approximate surface area is 189 Å². The summed E-state index contributed by atoms with van der Waals surface area (Å²) in [5.41, 5.74) is 2.62. The number of aryl methyl sites for hydroxylation is 1. The van der Waals surface area contributed by atoms with Crippen molar-refractivity contribution in [3.63, 3.8) is 0 Å². The molecule has 4 aromatic rings. The van der Waals surface area contributed by atoms with E-state index >= 15 is 0 Å². The summed E-state index contributed by atoms with van der Waals surface area (Å²) in [5.74, 6) is 2.24. The molecule has 1 aliphatic rings. The smallest absolute Gasteiger partial charge is 0.262 e. The molecule has 2 aromatic heterocycles. The highest BCUT2D eigenvalue weighted by atomic mass is 32.1. The molecule has 0 unspecified atom stereocenters. The van der Waals surface area contributed by atoms with Crippen LogP contribution in [-0.4, -0.2) is 30.1 Å². The first-order chi connectivity index (χ1) is 15.6. The number of rotatable bonds is 5. The van der Waals surface area contributed by atoms with Crippen LogP contribution < -0.4 is 14.8 Å². The van der Waals surface area contributed by atoms with Gasteiger partial charge < -0.3 is 19.5 Å². The molecule has 0 aliphatic carbocycles. The number of thiophene rings is 1. The largest absolute Gasteiger partial charge is 0.480 e. The molecule has 0 bridgehead atoms. The predicted molar refractivity (Wildman–Crippen MR) is 122 cm³/mol.